The summed E-state index contributed by atoms with van der Waals surface area (Å²) >= 11 is 0. The van der Waals surface area contributed by atoms with E-state index in [0.717, 1.165) is 12.1 Å². The number of halogens is 1. The zero-order valence-corrected chi connectivity index (χ0v) is 9.46. The van der Waals surface area contributed by atoms with Gasteiger partial charge in [0.05, 0.1) is 5.69 Å². The maximum atomic E-state index is 5.97. The number of unbranched alkanes of at least 4 members (excludes halogenated alkanes) is 2. The summed E-state index contributed by atoms with van der Waals surface area (Å²) in [5.41, 5.74) is 6.99. The molecule has 2 N–H and O–H groups in total. The quantitative estimate of drug-likeness (QED) is 0.766. The standard InChI is InChI=1S/C11H18N2.ClH/c1-2-3-4-7-10(12)11-8-5-6-9-13-11;/h5-6,8-10H,2-4,7,12H2,1H3;1H/t10-;/m1./s1. The highest BCUT2D eigenvalue weighted by Crippen LogP contribution is 2.14. The average molecular weight is 215 g/mol. The lowest BCUT2D eigenvalue weighted by atomic mass is 10.1. The van der Waals surface area contributed by atoms with Gasteiger partial charge < -0.3 is 5.73 Å². The third-order valence-electron chi connectivity index (χ3n) is 2.19. The number of rotatable bonds is 5. The average Bonchev–Trinajstić information content (AvgIpc) is 2.19. The Morgan fingerprint density at radius 1 is 1.36 bits per heavy atom. The number of hydrogen-bond acceptors (Lipinski definition) is 2. The Balaban J connectivity index is 0.00000169. The predicted molar refractivity (Wildman–Crippen MR) is 62.6 cm³/mol. The maximum absolute atomic E-state index is 5.97. The summed E-state index contributed by atoms with van der Waals surface area (Å²) in [4.78, 5) is 4.23. The highest BCUT2D eigenvalue weighted by atomic mass is 35.5. The molecule has 1 heterocycles. The van der Waals surface area contributed by atoms with E-state index in [4.69, 9.17) is 5.73 Å². The molecule has 0 aliphatic carbocycles. The van der Waals surface area contributed by atoms with E-state index in [2.05, 4.69) is 11.9 Å². The third kappa shape index (κ3) is 4.58. The van der Waals surface area contributed by atoms with Crippen molar-refractivity contribution in [2.24, 2.45) is 5.73 Å². The molecule has 1 aromatic heterocycles. The molecule has 0 saturated heterocycles. The lowest BCUT2D eigenvalue weighted by Gasteiger charge is -2.09. The van der Waals surface area contributed by atoms with Crippen LogP contribution in [0.3, 0.4) is 0 Å². The summed E-state index contributed by atoms with van der Waals surface area (Å²) in [7, 11) is 0. The minimum absolute atomic E-state index is 0. The molecule has 0 spiro atoms. The van der Waals surface area contributed by atoms with Crippen LogP contribution in [0.1, 0.15) is 44.3 Å². The number of aromatic nitrogens is 1. The molecule has 0 bridgehead atoms. The van der Waals surface area contributed by atoms with E-state index in [-0.39, 0.29) is 18.4 Å². The van der Waals surface area contributed by atoms with Crippen LogP contribution in [0.25, 0.3) is 0 Å². The summed E-state index contributed by atoms with van der Waals surface area (Å²) in [5.74, 6) is 0. The molecular weight excluding hydrogens is 196 g/mol. The molecule has 1 atom stereocenters. The van der Waals surface area contributed by atoms with E-state index in [1.165, 1.54) is 19.3 Å². The Bertz CT molecular complexity index is 226. The molecule has 2 nitrogen and oxygen atoms in total. The predicted octanol–water partition coefficient (Wildman–Crippen LogP) is 3.08. The first-order valence-corrected chi connectivity index (χ1v) is 5.01. The van der Waals surface area contributed by atoms with E-state index in [1.807, 2.05) is 18.2 Å². The van der Waals surface area contributed by atoms with E-state index >= 15 is 0 Å². The van der Waals surface area contributed by atoms with Crippen molar-refractivity contribution in [3.8, 4) is 0 Å². The van der Waals surface area contributed by atoms with Crippen molar-refractivity contribution in [1.82, 2.24) is 4.98 Å². The first-order chi connectivity index (χ1) is 6.34. The Hall–Kier alpha value is -0.600. The maximum Gasteiger partial charge on any atom is 0.0570 e. The topological polar surface area (TPSA) is 38.9 Å². The van der Waals surface area contributed by atoms with Crippen molar-refractivity contribution < 1.29 is 0 Å². The van der Waals surface area contributed by atoms with Crippen molar-refractivity contribution in [1.29, 1.82) is 0 Å². The Morgan fingerprint density at radius 3 is 2.71 bits per heavy atom. The number of nitrogens with two attached hydrogens (primary N) is 1. The Morgan fingerprint density at radius 2 is 2.14 bits per heavy atom. The Labute approximate surface area is 92.3 Å². The van der Waals surface area contributed by atoms with E-state index in [9.17, 15) is 0 Å². The van der Waals surface area contributed by atoms with E-state index < -0.39 is 0 Å². The van der Waals surface area contributed by atoms with Gasteiger partial charge in [-0.2, -0.15) is 0 Å². The fourth-order valence-electron chi connectivity index (χ4n) is 1.36. The van der Waals surface area contributed by atoms with Gasteiger partial charge in [-0.3, -0.25) is 4.98 Å². The fourth-order valence-corrected chi connectivity index (χ4v) is 1.36. The van der Waals surface area contributed by atoms with Crippen LogP contribution in [0, 0.1) is 0 Å². The van der Waals surface area contributed by atoms with Crippen LogP contribution in [0.15, 0.2) is 24.4 Å². The largest absolute Gasteiger partial charge is 0.323 e. The van der Waals surface area contributed by atoms with Crippen molar-refractivity contribution in [2.75, 3.05) is 0 Å². The normalized spacial score (nSPS) is 11.9. The molecule has 0 radical (unpaired) electrons. The number of hydrogen-bond donors (Lipinski definition) is 1. The van der Waals surface area contributed by atoms with Gasteiger partial charge in [-0.05, 0) is 18.6 Å². The zero-order valence-electron chi connectivity index (χ0n) is 8.65. The zero-order chi connectivity index (χ0) is 9.52. The third-order valence-corrected chi connectivity index (χ3v) is 2.19. The minimum Gasteiger partial charge on any atom is -0.323 e. The Kier molecular flexibility index (Phi) is 7.44. The van der Waals surface area contributed by atoms with Crippen LogP contribution >= 0.6 is 12.4 Å². The summed E-state index contributed by atoms with van der Waals surface area (Å²) < 4.78 is 0. The van der Waals surface area contributed by atoms with Crippen molar-refractivity contribution in [3.05, 3.63) is 30.1 Å². The smallest absolute Gasteiger partial charge is 0.0570 e. The van der Waals surface area contributed by atoms with Crippen LogP contribution in [0.2, 0.25) is 0 Å². The molecule has 1 aromatic rings. The van der Waals surface area contributed by atoms with Gasteiger partial charge in [-0.25, -0.2) is 0 Å². The molecule has 80 valence electrons. The summed E-state index contributed by atoms with van der Waals surface area (Å²) in [6, 6.07) is 6.02. The van der Waals surface area contributed by atoms with Crippen LogP contribution in [-0.2, 0) is 0 Å². The van der Waals surface area contributed by atoms with Gasteiger partial charge in [0.15, 0.2) is 0 Å². The van der Waals surface area contributed by atoms with E-state index in [0.29, 0.717) is 0 Å². The summed E-state index contributed by atoms with van der Waals surface area (Å²) in [6.45, 7) is 2.20. The van der Waals surface area contributed by atoms with Crippen molar-refractivity contribution in [3.63, 3.8) is 0 Å². The molecule has 3 heteroatoms. The van der Waals surface area contributed by atoms with Crippen LogP contribution in [0.4, 0.5) is 0 Å². The second-order valence-corrected chi connectivity index (χ2v) is 3.36. The molecular formula is C11H19ClN2. The second-order valence-electron chi connectivity index (χ2n) is 3.36. The number of pyridine rings is 1. The SMILES string of the molecule is CCCCC[C@@H](N)c1ccccn1.Cl. The molecule has 0 aromatic carbocycles. The van der Waals surface area contributed by atoms with Gasteiger partial charge in [0.25, 0.3) is 0 Å². The molecule has 0 aliphatic rings. The van der Waals surface area contributed by atoms with Gasteiger partial charge in [0, 0.05) is 12.2 Å². The van der Waals surface area contributed by atoms with Crippen molar-refractivity contribution >= 4 is 12.4 Å². The molecule has 14 heavy (non-hydrogen) atoms. The van der Waals surface area contributed by atoms with Crippen LogP contribution in [-0.4, -0.2) is 4.98 Å². The molecule has 0 amide bonds. The van der Waals surface area contributed by atoms with E-state index in [1.54, 1.807) is 6.20 Å². The van der Waals surface area contributed by atoms with Gasteiger partial charge in [0.2, 0.25) is 0 Å². The van der Waals surface area contributed by atoms with Gasteiger partial charge in [0.1, 0.15) is 0 Å². The molecule has 1 rings (SSSR count). The lowest BCUT2D eigenvalue weighted by molar-refractivity contribution is 0.571. The minimum atomic E-state index is 0. The highest BCUT2D eigenvalue weighted by molar-refractivity contribution is 5.85. The second kappa shape index (κ2) is 7.77. The fraction of sp³-hybridized carbons (Fsp3) is 0.545. The highest BCUT2D eigenvalue weighted by Gasteiger charge is 2.04. The molecule has 0 unspecified atom stereocenters. The molecule has 0 aliphatic heterocycles. The van der Waals surface area contributed by atoms with Gasteiger partial charge in [-0.1, -0.05) is 32.3 Å². The first-order valence-electron chi connectivity index (χ1n) is 5.01. The number of nitrogens with zero attached hydrogens (tertiary/aromatic N) is 1. The van der Waals surface area contributed by atoms with Crippen molar-refractivity contribution in [2.45, 2.75) is 38.6 Å². The lowest BCUT2D eigenvalue weighted by Crippen LogP contribution is -2.11. The summed E-state index contributed by atoms with van der Waals surface area (Å²) in [6.07, 6.45) is 6.56. The first kappa shape index (κ1) is 13.4. The van der Waals surface area contributed by atoms with Gasteiger partial charge >= 0.3 is 0 Å². The van der Waals surface area contributed by atoms with Gasteiger partial charge in [-0.15, -0.1) is 12.4 Å². The van der Waals surface area contributed by atoms with Crippen LogP contribution in [0.5, 0.6) is 0 Å². The summed E-state index contributed by atoms with van der Waals surface area (Å²) in [5, 5.41) is 0. The van der Waals surface area contributed by atoms with Crippen LogP contribution < -0.4 is 5.73 Å². The molecule has 0 saturated carbocycles. The molecule has 0 fully saturated rings. The monoisotopic (exact) mass is 214 g/mol.